The van der Waals surface area contributed by atoms with Gasteiger partial charge in [0.2, 0.25) is 10.0 Å². The first-order valence-corrected chi connectivity index (χ1v) is 12.8. The molecule has 0 unspecified atom stereocenters. The largest absolute Gasteiger partial charge is 0.336 e. The number of sulfonamides is 1. The maximum atomic E-state index is 13.4. The molecule has 0 bridgehead atoms. The van der Waals surface area contributed by atoms with Crippen molar-refractivity contribution in [3.05, 3.63) is 70.4 Å². The normalized spacial score (nSPS) is 15.2. The van der Waals surface area contributed by atoms with Gasteiger partial charge in [0.15, 0.2) is 5.65 Å². The lowest BCUT2D eigenvalue weighted by Gasteiger charge is -2.34. The highest BCUT2D eigenvalue weighted by molar-refractivity contribution is 7.89. The highest BCUT2D eigenvalue weighted by Crippen LogP contribution is 2.23. The first-order valence-electron chi connectivity index (χ1n) is 10.5. The number of pyridine rings is 2. The van der Waals surface area contributed by atoms with E-state index in [0.717, 1.165) is 10.6 Å². The molecule has 0 radical (unpaired) electrons. The highest BCUT2D eigenvalue weighted by Gasteiger charge is 2.31. The number of piperazine rings is 1. The molecule has 4 aromatic rings. The first-order chi connectivity index (χ1) is 15.9. The van der Waals surface area contributed by atoms with E-state index in [1.165, 1.54) is 22.8 Å². The van der Waals surface area contributed by atoms with E-state index in [1.54, 1.807) is 34.6 Å². The molecule has 0 spiro atoms. The van der Waals surface area contributed by atoms with Gasteiger partial charge in [0, 0.05) is 49.1 Å². The van der Waals surface area contributed by atoms with Crippen LogP contribution in [0.5, 0.6) is 0 Å². The predicted octanol–water partition coefficient (Wildman–Crippen LogP) is 2.39. The smallest absolute Gasteiger partial charge is 0.254 e. The van der Waals surface area contributed by atoms with Crippen LogP contribution in [0.15, 0.2) is 59.2 Å². The molecule has 11 heteroatoms. The Morgan fingerprint density at radius 2 is 1.94 bits per heavy atom. The molecule has 0 saturated carbocycles. The zero-order valence-electron chi connectivity index (χ0n) is 18.0. The van der Waals surface area contributed by atoms with E-state index in [-0.39, 0.29) is 23.9 Å². The number of fused-ring (bicyclic) bond motifs is 1. The van der Waals surface area contributed by atoms with Gasteiger partial charge in [0.1, 0.15) is 4.90 Å². The summed E-state index contributed by atoms with van der Waals surface area (Å²) in [6, 6.07) is 8.94. The summed E-state index contributed by atoms with van der Waals surface area (Å²) in [5.41, 5.74) is 1.94. The lowest BCUT2D eigenvalue weighted by Crippen LogP contribution is -2.50. The number of amides is 1. The van der Waals surface area contributed by atoms with Gasteiger partial charge in [-0.2, -0.15) is 9.40 Å². The Hall–Kier alpha value is -3.15. The van der Waals surface area contributed by atoms with Crippen molar-refractivity contribution < 1.29 is 13.2 Å². The molecular formula is C22H22N6O3S2. The zero-order valence-corrected chi connectivity index (χ0v) is 19.6. The summed E-state index contributed by atoms with van der Waals surface area (Å²) in [6.07, 6.45) is 4.57. The summed E-state index contributed by atoms with van der Waals surface area (Å²) in [5, 5.41) is 7.19. The Morgan fingerprint density at radius 3 is 2.64 bits per heavy atom. The number of aryl methyl sites for hydroxylation is 1. The summed E-state index contributed by atoms with van der Waals surface area (Å²) < 4.78 is 28.9. The first kappa shape index (κ1) is 21.7. The van der Waals surface area contributed by atoms with Crippen molar-refractivity contribution in [2.24, 2.45) is 0 Å². The lowest BCUT2D eigenvalue weighted by atomic mass is 10.1. The Kier molecular flexibility index (Phi) is 5.69. The number of carbonyl (C=O) groups is 1. The number of aromatic nitrogens is 4. The van der Waals surface area contributed by atoms with Crippen molar-refractivity contribution in [1.29, 1.82) is 0 Å². The molecule has 9 nitrogen and oxygen atoms in total. The standard InChI is InChI=1S/C22H22N6O3S2/c1-16-12-19(20-14-24-28(21(20)25-16)15-17-4-3-11-32-17)22(29)26-7-9-27(10-8-26)33(30,31)18-5-2-6-23-13-18/h2-6,11-14H,7-10,15H2,1H3. The van der Waals surface area contributed by atoms with Crippen LogP contribution in [0.4, 0.5) is 0 Å². The number of hydrogen-bond donors (Lipinski definition) is 0. The van der Waals surface area contributed by atoms with Crippen LogP contribution in [0, 0.1) is 6.92 Å². The Balaban J connectivity index is 1.36. The predicted molar refractivity (Wildman–Crippen MR) is 125 cm³/mol. The molecule has 0 N–H and O–H groups in total. The Morgan fingerprint density at radius 1 is 1.12 bits per heavy atom. The van der Waals surface area contributed by atoms with Gasteiger partial charge in [-0.1, -0.05) is 6.07 Å². The zero-order chi connectivity index (χ0) is 23.0. The molecule has 0 aromatic carbocycles. The molecule has 1 saturated heterocycles. The molecule has 5 heterocycles. The van der Waals surface area contributed by atoms with Gasteiger partial charge >= 0.3 is 0 Å². The van der Waals surface area contributed by atoms with E-state index in [4.69, 9.17) is 0 Å². The third kappa shape index (κ3) is 4.14. The van der Waals surface area contributed by atoms with E-state index in [9.17, 15) is 13.2 Å². The number of thiophene rings is 1. The molecule has 5 rings (SSSR count). The van der Waals surface area contributed by atoms with Crippen LogP contribution in [0.25, 0.3) is 11.0 Å². The van der Waals surface area contributed by atoms with Crippen LogP contribution in [-0.2, 0) is 16.6 Å². The van der Waals surface area contributed by atoms with Gasteiger partial charge < -0.3 is 4.90 Å². The second-order valence-electron chi connectivity index (χ2n) is 7.82. The van der Waals surface area contributed by atoms with Crippen LogP contribution in [0.3, 0.4) is 0 Å². The number of rotatable bonds is 5. The fourth-order valence-electron chi connectivity index (χ4n) is 3.97. The highest BCUT2D eigenvalue weighted by atomic mass is 32.2. The Bertz CT molecular complexity index is 1390. The van der Waals surface area contributed by atoms with Crippen molar-refractivity contribution in [2.75, 3.05) is 26.2 Å². The van der Waals surface area contributed by atoms with Crippen molar-refractivity contribution in [3.8, 4) is 0 Å². The number of hydrogen-bond acceptors (Lipinski definition) is 7. The molecule has 1 fully saturated rings. The Labute approximate surface area is 195 Å². The fourth-order valence-corrected chi connectivity index (χ4v) is 6.04. The van der Waals surface area contributed by atoms with E-state index in [0.29, 0.717) is 36.2 Å². The minimum absolute atomic E-state index is 0.139. The van der Waals surface area contributed by atoms with Crippen molar-refractivity contribution in [2.45, 2.75) is 18.4 Å². The average molecular weight is 483 g/mol. The topological polar surface area (TPSA) is 101 Å². The number of nitrogens with zero attached hydrogens (tertiary/aromatic N) is 6. The molecule has 33 heavy (non-hydrogen) atoms. The molecule has 1 amide bonds. The minimum Gasteiger partial charge on any atom is -0.336 e. The summed E-state index contributed by atoms with van der Waals surface area (Å²) in [4.78, 5) is 24.9. The van der Waals surface area contributed by atoms with E-state index in [2.05, 4.69) is 15.1 Å². The SMILES string of the molecule is Cc1cc(C(=O)N2CCN(S(=O)(=O)c3cccnc3)CC2)c2cnn(Cc3cccs3)c2n1. The van der Waals surface area contributed by atoms with Crippen molar-refractivity contribution in [1.82, 2.24) is 29.0 Å². The maximum absolute atomic E-state index is 13.4. The van der Waals surface area contributed by atoms with E-state index >= 15 is 0 Å². The van der Waals surface area contributed by atoms with Crippen LogP contribution in [-0.4, -0.2) is 69.5 Å². The number of carbonyl (C=O) groups excluding carboxylic acids is 1. The molecule has 170 valence electrons. The van der Waals surface area contributed by atoms with Gasteiger partial charge in [-0.15, -0.1) is 11.3 Å². The minimum atomic E-state index is -3.63. The second-order valence-corrected chi connectivity index (χ2v) is 10.8. The van der Waals surface area contributed by atoms with Crippen LogP contribution >= 0.6 is 11.3 Å². The third-order valence-corrected chi connectivity index (χ3v) is 8.39. The monoisotopic (exact) mass is 482 g/mol. The van der Waals surface area contributed by atoms with Gasteiger partial charge in [0.25, 0.3) is 5.91 Å². The van der Waals surface area contributed by atoms with E-state index in [1.807, 2.05) is 29.1 Å². The van der Waals surface area contributed by atoms with Gasteiger partial charge in [-0.05, 0) is 36.6 Å². The summed E-state index contributed by atoms with van der Waals surface area (Å²) >= 11 is 1.65. The average Bonchev–Trinajstić information content (AvgIpc) is 3.49. The molecular weight excluding hydrogens is 460 g/mol. The summed E-state index contributed by atoms with van der Waals surface area (Å²) in [5.74, 6) is -0.139. The lowest BCUT2D eigenvalue weighted by molar-refractivity contribution is 0.0699. The maximum Gasteiger partial charge on any atom is 0.254 e. The van der Waals surface area contributed by atoms with Crippen LogP contribution in [0.2, 0.25) is 0 Å². The molecule has 4 aromatic heterocycles. The summed E-state index contributed by atoms with van der Waals surface area (Å²) in [7, 11) is -3.63. The van der Waals surface area contributed by atoms with Crippen LogP contribution < -0.4 is 0 Å². The van der Waals surface area contributed by atoms with Gasteiger partial charge in [-0.3, -0.25) is 9.78 Å². The summed E-state index contributed by atoms with van der Waals surface area (Å²) in [6.45, 7) is 3.53. The quantitative estimate of drug-likeness (QED) is 0.433. The molecule has 1 aliphatic rings. The van der Waals surface area contributed by atoms with Crippen molar-refractivity contribution >= 4 is 38.3 Å². The molecule has 1 aliphatic heterocycles. The second kappa shape index (κ2) is 8.65. The van der Waals surface area contributed by atoms with E-state index < -0.39 is 10.0 Å². The molecule has 0 aliphatic carbocycles. The van der Waals surface area contributed by atoms with Gasteiger partial charge in [0.05, 0.1) is 23.7 Å². The van der Waals surface area contributed by atoms with Gasteiger partial charge in [-0.25, -0.2) is 18.1 Å². The molecule has 0 atom stereocenters. The third-order valence-electron chi connectivity index (χ3n) is 5.65. The van der Waals surface area contributed by atoms with Crippen molar-refractivity contribution in [3.63, 3.8) is 0 Å². The van der Waals surface area contributed by atoms with Crippen LogP contribution in [0.1, 0.15) is 20.9 Å². The fraction of sp³-hybridized carbons (Fsp3) is 0.273.